The van der Waals surface area contributed by atoms with E-state index in [1.165, 1.54) is 38.0 Å². The fourth-order valence-corrected chi connectivity index (χ4v) is 0.730. The molecule has 132 valence electrons. The Hall–Kier alpha value is -1.62. The van der Waals surface area contributed by atoms with E-state index in [1.54, 1.807) is 0 Å². The molecular weight excluding hydrogens is 300 g/mol. The monoisotopic (exact) mass is 326 g/mol. The standard InChI is InChI=1S/2C6H13NO4/c1-7(2)6(10)11-4-5(9)3-8;1-7(2)6(10)11-5(3-8)4-9/h2*5,8-9H,3-4H2,1-2H3. The average Bonchev–Trinajstić information content (AvgIpc) is 2.49. The van der Waals surface area contributed by atoms with Crippen LogP contribution in [0.5, 0.6) is 0 Å². The Balaban J connectivity index is 0. The van der Waals surface area contributed by atoms with Gasteiger partial charge in [0.25, 0.3) is 0 Å². The Morgan fingerprint density at radius 3 is 1.68 bits per heavy atom. The number of hydrogen-bond donors (Lipinski definition) is 4. The lowest BCUT2D eigenvalue weighted by molar-refractivity contribution is 0.0106. The van der Waals surface area contributed by atoms with Gasteiger partial charge in [-0.2, -0.15) is 0 Å². The van der Waals surface area contributed by atoms with E-state index in [0.29, 0.717) is 0 Å². The molecule has 0 aliphatic heterocycles. The number of carbonyl (C=O) groups is 2. The third kappa shape index (κ3) is 12.1. The first-order chi connectivity index (χ1) is 10.2. The highest BCUT2D eigenvalue weighted by atomic mass is 16.6. The molecule has 0 radical (unpaired) electrons. The van der Waals surface area contributed by atoms with Gasteiger partial charge in [0, 0.05) is 28.2 Å². The Morgan fingerprint density at radius 1 is 0.909 bits per heavy atom. The molecule has 0 aliphatic rings. The molecule has 0 fully saturated rings. The molecule has 0 saturated heterocycles. The van der Waals surface area contributed by atoms with Crippen LogP contribution in [0.1, 0.15) is 0 Å². The van der Waals surface area contributed by atoms with Crippen molar-refractivity contribution in [3.05, 3.63) is 0 Å². The van der Waals surface area contributed by atoms with E-state index < -0.39 is 31.0 Å². The van der Waals surface area contributed by atoms with Gasteiger partial charge in [-0.3, -0.25) is 0 Å². The molecule has 0 bridgehead atoms. The van der Waals surface area contributed by atoms with E-state index in [0.717, 1.165) is 0 Å². The van der Waals surface area contributed by atoms with Crippen molar-refractivity contribution in [2.24, 2.45) is 0 Å². The first-order valence-electron chi connectivity index (χ1n) is 6.42. The average molecular weight is 326 g/mol. The van der Waals surface area contributed by atoms with Crippen LogP contribution in [0, 0.1) is 0 Å². The summed E-state index contributed by atoms with van der Waals surface area (Å²) in [6.07, 6.45) is -2.90. The summed E-state index contributed by atoms with van der Waals surface area (Å²) in [5.74, 6) is 0. The van der Waals surface area contributed by atoms with Crippen molar-refractivity contribution in [1.82, 2.24) is 9.80 Å². The van der Waals surface area contributed by atoms with Crippen LogP contribution < -0.4 is 0 Å². The first-order valence-corrected chi connectivity index (χ1v) is 6.42. The van der Waals surface area contributed by atoms with Gasteiger partial charge in [0.1, 0.15) is 18.8 Å². The van der Waals surface area contributed by atoms with Crippen molar-refractivity contribution in [2.45, 2.75) is 12.2 Å². The van der Waals surface area contributed by atoms with Crippen molar-refractivity contribution >= 4 is 12.2 Å². The summed E-state index contributed by atoms with van der Waals surface area (Å²) < 4.78 is 9.13. The van der Waals surface area contributed by atoms with E-state index in [1.807, 2.05) is 0 Å². The van der Waals surface area contributed by atoms with E-state index in [4.69, 9.17) is 20.4 Å². The predicted molar refractivity (Wildman–Crippen MR) is 76.3 cm³/mol. The summed E-state index contributed by atoms with van der Waals surface area (Å²) in [6.45, 7) is -1.31. The quantitative estimate of drug-likeness (QED) is 0.443. The second kappa shape index (κ2) is 13.1. The minimum absolute atomic E-state index is 0.173. The van der Waals surface area contributed by atoms with Crippen LogP contribution in [0.4, 0.5) is 9.59 Å². The van der Waals surface area contributed by atoms with Gasteiger partial charge in [-0.1, -0.05) is 0 Å². The van der Waals surface area contributed by atoms with Gasteiger partial charge in [-0.15, -0.1) is 0 Å². The van der Waals surface area contributed by atoms with Crippen molar-refractivity contribution < 1.29 is 39.5 Å². The summed E-state index contributed by atoms with van der Waals surface area (Å²) in [5.41, 5.74) is 0. The highest BCUT2D eigenvalue weighted by molar-refractivity contribution is 5.67. The SMILES string of the molecule is CN(C)C(=O)OC(CO)CO.CN(C)C(=O)OCC(O)CO. The molecule has 0 aromatic carbocycles. The molecule has 1 atom stereocenters. The van der Waals surface area contributed by atoms with Crippen LogP contribution in [0.2, 0.25) is 0 Å². The number of carbonyl (C=O) groups excluding carboxylic acids is 2. The molecule has 0 heterocycles. The van der Waals surface area contributed by atoms with Gasteiger partial charge in [-0.25, -0.2) is 9.59 Å². The van der Waals surface area contributed by atoms with Crippen LogP contribution >= 0.6 is 0 Å². The maximum absolute atomic E-state index is 10.8. The largest absolute Gasteiger partial charge is 0.447 e. The number of hydrogen-bond acceptors (Lipinski definition) is 8. The number of rotatable bonds is 6. The third-order valence-corrected chi connectivity index (χ3v) is 2.01. The molecule has 0 spiro atoms. The van der Waals surface area contributed by atoms with Gasteiger partial charge in [-0.05, 0) is 0 Å². The topological polar surface area (TPSA) is 140 Å². The number of aliphatic hydroxyl groups excluding tert-OH is 4. The number of nitrogens with zero attached hydrogens (tertiary/aromatic N) is 2. The molecule has 0 aromatic rings. The fourth-order valence-electron chi connectivity index (χ4n) is 0.730. The normalized spacial score (nSPS) is 11.1. The first kappa shape index (κ1) is 22.7. The highest BCUT2D eigenvalue weighted by Gasteiger charge is 2.13. The smallest absolute Gasteiger partial charge is 0.409 e. The lowest BCUT2D eigenvalue weighted by Crippen LogP contribution is -2.31. The van der Waals surface area contributed by atoms with Crippen LogP contribution in [-0.2, 0) is 9.47 Å². The third-order valence-electron chi connectivity index (χ3n) is 2.01. The molecule has 0 aromatic heterocycles. The van der Waals surface area contributed by atoms with E-state index in [2.05, 4.69) is 9.47 Å². The molecular formula is C12H26N2O8. The van der Waals surface area contributed by atoms with Gasteiger partial charge in [0.15, 0.2) is 0 Å². The predicted octanol–water partition coefficient (Wildman–Crippen LogP) is -1.92. The zero-order chi connectivity index (χ0) is 17.7. The van der Waals surface area contributed by atoms with Crippen molar-refractivity contribution in [1.29, 1.82) is 0 Å². The van der Waals surface area contributed by atoms with Crippen LogP contribution in [-0.4, -0.2) is 109 Å². The molecule has 0 saturated carbocycles. The van der Waals surface area contributed by atoms with Gasteiger partial charge < -0.3 is 39.7 Å². The molecule has 2 amide bonds. The fraction of sp³-hybridized carbons (Fsp3) is 0.833. The second-order valence-corrected chi connectivity index (χ2v) is 4.57. The number of ether oxygens (including phenoxy) is 2. The molecule has 10 heteroatoms. The zero-order valence-corrected chi connectivity index (χ0v) is 13.3. The van der Waals surface area contributed by atoms with Crippen LogP contribution in [0.25, 0.3) is 0 Å². The molecule has 10 nitrogen and oxygen atoms in total. The highest BCUT2D eigenvalue weighted by Crippen LogP contribution is 1.93. The molecule has 4 N–H and O–H groups in total. The Kier molecular flexibility index (Phi) is 13.5. The minimum atomic E-state index is -0.987. The van der Waals surface area contributed by atoms with Gasteiger partial charge >= 0.3 is 12.2 Å². The van der Waals surface area contributed by atoms with Gasteiger partial charge in [0.05, 0.1) is 19.8 Å². The maximum Gasteiger partial charge on any atom is 0.409 e. The lowest BCUT2D eigenvalue weighted by atomic mass is 10.4. The summed E-state index contributed by atoms with van der Waals surface area (Å²) >= 11 is 0. The van der Waals surface area contributed by atoms with E-state index in [-0.39, 0.29) is 19.8 Å². The molecule has 0 aliphatic carbocycles. The Bertz CT molecular complexity index is 308. The number of amides is 2. The molecule has 1 unspecified atom stereocenters. The van der Waals surface area contributed by atoms with Crippen molar-refractivity contribution in [3.8, 4) is 0 Å². The summed E-state index contributed by atoms with van der Waals surface area (Å²) in [4.78, 5) is 23.9. The Morgan fingerprint density at radius 2 is 1.36 bits per heavy atom. The molecule has 0 rings (SSSR count). The van der Waals surface area contributed by atoms with Crippen molar-refractivity contribution in [3.63, 3.8) is 0 Å². The van der Waals surface area contributed by atoms with Crippen molar-refractivity contribution in [2.75, 3.05) is 54.6 Å². The number of aliphatic hydroxyl groups is 4. The lowest BCUT2D eigenvalue weighted by Gasteiger charge is -2.16. The summed E-state index contributed by atoms with van der Waals surface area (Å²) in [7, 11) is 6.11. The van der Waals surface area contributed by atoms with E-state index >= 15 is 0 Å². The maximum atomic E-state index is 10.8. The van der Waals surface area contributed by atoms with Gasteiger partial charge in [0.2, 0.25) is 0 Å². The zero-order valence-electron chi connectivity index (χ0n) is 13.3. The second-order valence-electron chi connectivity index (χ2n) is 4.57. The van der Waals surface area contributed by atoms with E-state index in [9.17, 15) is 9.59 Å². The summed E-state index contributed by atoms with van der Waals surface area (Å²) in [6, 6.07) is 0. The molecule has 22 heavy (non-hydrogen) atoms. The van der Waals surface area contributed by atoms with Crippen LogP contribution in [0.15, 0.2) is 0 Å². The minimum Gasteiger partial charge on any atom is -0.447 e. The Labute approximate surface area is 129 Å². The summed E-state index contributed by atoms with van der Waals surface area (Å²) in [5, 5.41) is 34.1. The van der Waals surface area contributed by atoms with Crippen LogP contribution in [0.3, 0.4) is 0 Å².